The molecule has 2 rings (SSSR count). The Morgan fingerprint density at radius 2 is 1.88 bits per heavy atom. The number of nitro groups is 1. The minimum absolute atomic E-state index is 0.102. The second-order valence-corrected chi connectivity index (χ2v) is 3.30. The molecule has 0 atom stereocenters. The molecule has 0 fully saturated rings. The van der Waals surface area contributed by atoms with Crippen molar-refractivity contribution in [3.05, 3.63) is 58.3 Å². The quantitative estimate of drug-likeness (QED) is 0.581. The van der Waals surface area contributed by atoms with Crippen molar-refractivity contribution < 1.29 is 4.92 Å². The fourth-order valence-electron chi connectivity index (χ4n) is 1.47. The second-order valence-electron chi connectivity index (χ2n) is 3.30. The van der Waals surface area contributed by atoms with E-state index in [4.69, 9.17) is 5.26 Å². The van der Waals surface area contributed by atoms with Crippen LogP contribution < -0.4 is 0 Å². The molecule has 0 N–H and O–H groups in total. The molecule has 0 aliphatic carbocycles. The van der Waals surface area contributed by atoms with E-state index in [0.29, 0.717) is 5.56 Å². The summed E-state index contributed by atoms with van der Waals surface area (Å²) in [4.78, 5) is 14.4. The largest absolute Gasteiger partial charge is 0.295 e. The van der Waals surface area contributed by atoms with E-state index in [-0.39, 0.29) is 17.1 Å². The summed E-state index contributed by atoms with van der Waals surface area (Å²) in [6, 6.07) is 13.3. The number of rotatable bonds is 2. The number of pyridine rings is 1. The van der Waals surface area contributed by atoms with E-state index < -0.39 is 4.92 Å². The van der Waals surface area contributed by atoms with Gasteiger partial charge >= 0.3 is 0 Å². The first-order valence-corrected chi connectivity index (χ1v) is 4.83. The van der Waals surface area contributed by atoms with Gasteiger partial charge in [-0.25, -0.2) is 4.98 Å². The van der Waals surface area contributed by atoms with E-state index >= 15 is 0 Å². The van der Waals surface area contributed by atoms with Crippen LogP contribution in [0.25, 0.3) is 11.3 Å². The smallest absolute Gasteiger partial charge is 0.258 e. The molecule has 17 heavy (non-hydrogen) atoms. The summed E-state index contributed by atoms with van der Waals surface area (Å²) in [5.41, 5.74) is 0.899. The van der Waals surface area contributed by atoms with Crippen LogP contribution in [0.4, 0.5) is 5.69 Å². The Morgan fingerprint density at radius 1 is 1.18 bits per heavy atom. The van der Waals surface area contributed by atoms with Gasteiger partial charge in [0.05, 0.1) is 4.92 Å². The first-order chi connectivity index (χ1) is 8.22. The normalized spacial score (nSPS) is 9.59. The highest BCUT2D eigenvalue weighted by Gasteiger charge is 2.17. The predicted octanol–water partition coefficient (Wildman–Crippen LogP) is 2.53. The van der Waals surface area contributed by atoms with E-state index in [2.05, 4.69) is 4.98 Å². The number of hydrogen-bond acceptors (Lipinski definition) is 4. The van der Waals surface area contributed by atoms with Crippen LogP contribution in [0.15, 0.2) is 42.5 Å². The highest BCUT2D eigenvalue weighted by atomic mass is 16.6. The topological polar surface area (TPSA) is 79.8 Å². The molecule has 1 aromatic carbocycles. The van der Waals surface area contributed by atoms with Crippen LogP contribution in [0.5, 0.6) is 0 Å². The Bertz CT molecular complexity index is 603. The third-order valence-corrected chi connectivity index (χ3v) is 2.23. The third-order valence-electron chi connectivity index (χ3n) is 2.23. The van der Waals surface area contributed by atoms with E-state index in [1.165, 1.54) is 12.1 Å². The van der Waals surface area contributed by atoms with Gasteiger partial charge in [-0.05, 0) is 6.07 Å². The van der Waals surface area contributed by atoms with Crippen molar-refractivity contribution in [3.8, 4) is 17.3 Å². The molecule has 0 aliphatic heterocycles. The van der Waals surface area contributed by atoms with Crippen molar-refractivity contribution in [1.29, 1.82) is 5.26 Å². The van der Waals surface area contributed by atoms with Crippen LogP contribution in [0.3, 0.4) is 0 Å². The first-order valence-electron chi connectivity index (χ1n) is 4.83. The standard InChI is InChI=1S/C12H7N3O2/c13-8-10-6-7-11(15(16)17)12(14-10)9-4-2-1-3-5-9/h1-7H. The Labute approximate surface area is 97.1 Å². The molecule has 0 unspecified atom stereocenters. The monoisotopic (exact) mass is 225 g/mol. The van der Waals surface area contributed by atoms with Gasteiger partial charge in [-0.3, -0.25) is 10.1 Å². The summed E-state index contributed by atoms with van der Waals surface area (Å²) in [5, 5.41) is 19.6. The maximum atomic E-state index is 10.9. The fourth-order valence-corrected chi connectivity index (χ4v) is 1.47. The Hall–Kier alpha value is -2.74. The van der Waals surface area contributed by atoms with Crippen LogP contribution in [0.1, 0.15) is 5.69 Å². The SMILES string of the molecule is N#Cc1ccc([N+](=O)[O-])c(-c2ccccc2)n1. The van der Waals surface area contributed by atoms with Crippen LogP contribution >= 0.6 is 0 Å². The molecule has 0 saturated heterocycles. The van der Waals surface area contributed by atoms with Crippen molar-refractivity contribution in [3.63, 3.8) is 0 Å². The number of nitriles is 1. The lowest BCUT2D eigenvalue weighted by molar-refractivity contribution is -0.384. The number of nitrogens with zero attached hydrogens (tertiary/aromatic N) is 3. The highest BCUT2D eigenvalue weighted by Crippen LogP contribution is 2.27. The van der Waals surface area contributed by atoms with Crippen molar-refractivity contribution in [2.24, 2.45) is 0 Å². The molecule has 5 heteroatoms. The summed E-state index contributed by atoms with van der Waals surface area (Å²) < 4.78 is 0. The lowest BCUT2D eigenvalue weighted by Gasteiger charge is -2.02. The molecule has 0 amide bonds. The molecule has 5 nitrogen and oxygen atoms in total. The van der Waals surface area contributed by atoms with Gasteiger partial charge in [-0.2, -0.15) is 5.26 Å². The van der Waals surface area contributed by atoms with Crippen LogP contribution in [0.2, 0.25) is 0 Å². The van der Waals surface area contributed by atoms with Gasteiger partial charge in [0.1, 0.15) is 17.5 Å². The van der Waals surface area contributed by atoms with Crippen molar-refractivity contribution in [2.45, 2.75) is 0 Å². The molecule has 1 aromatic heterocycles. The van der Waals surface area contributed by atoms with Crippen LogP contribution in [0, 0.1) is 21.4 Å². The molecule has 0 aliphatic rings. The average Bonchev–Trinajstić information content (AvgIpc) is 2.39. The van der Waals surface area contributed by atoms with Crippen molar-refractivity contribution in [2.75, 3.05) is 0 Å². The molecule has 0 bridgehead atoms. The summed E-state index contributed by atoms with van der Waals surface area (Å²) in [6.07, 6.45) is 0. The summed E-state index contributed by atoms with van der Waals surface area (Å²) in [6.45, 7) is 0. The van der Waals surface area contributed by atoms with E-state index in [1.807, 2.05) is 12.1 Å². The van der Waals surface area contributed by atoms with E-state index in [0.717, 1.165) is 0 Å². The number of aromatic nitrogens is 1. The van der Waals surface area contributed by atoms with Crippen molar-refractivity contribution in [1.82, 2.24) is 4.98 Å². The van der Waals surface area contributed by atoms with Crippen LogP contribution in [-0.4, -0.2) is 9.91 Å². The van der Waals surface area contributed by atoms with E-state index in [1.54, 1.807) is 24.3 Å². The van der Waals surface area contributed by atoms with Gasteiger partial charge < -0.3 is 0 Å². The van der Waals surface area contributed by atoms with Gasteiger partial charge in [0.2, 0.25) is 0 Å². The van der Waals surface area contributed by atoms with Gasteiger partial charge in [0.15, 0.2) is 0 Å². The molecule has 0 spiro atoms. The Kier molecular flexibility index (Phi) is 2.79. The Balaban J connectivity index is 2.66. The maximum Gasteiger partial charge on any atom is 0.295 e. The lowest BCUT2D eigenvalue weighted by Crippen LogP contribution is -1.96. The third kappa shape index (κ3) is 2.11. The highest BCUT2D eigenvalue weighted by molar-refractivity contribution is 5.69. The zero-order chi connectivity index (χ0) is 12.3. The zero-order valence-electron chi connectivity index (χ0n) is 8.70. The molecular weight excluding hydrogens is 218 g/mol. The van der Waals surface area contributed by atoms with Gasteiger partial charge in [-0.1, -0.05) is 30.3 Å². The molecule has 1 heterocycles. The summed E-state index contributed by atoms with van der Waals surface area (Å²) in [5.74, 6) is 0. The number of benzene rings is 1. The molecule has 0 radical (unpaired) electrons. The maximum absolute atomic E-state index is 10.9. The first kappa shape index (κ1) is 10.8. The lowest BCUT2D eigenvalue weighted by atomic mass is 10.1. The molecule has 0 saturated carbocycles. The molecule has 82 valence electrons. The van der Waals surface area contributed by atoms with E-state index in [9.17, 15) is 10.1 Å². The second kappa shape index (κ2) is 4.41. The van der Waals surface area contributed by atoms with Crippen molar-refractivity contribution >= 4 is 5.69 Å². The summed E-state index contributed by atoms with van der Waals surface area (Å²) >= 11 is 0. The minimum atomic E-state index is -0.503. The molecule has 2 aromatic rings. The minimum Gasteiger partial charge on any atom is -0.258 e. The summed E-state index contributed by atoms with van der Waals surface area (Å²) in [7, 11) is 0. The van der Waals surface area contributed by atoms with Gasteiger partial charge in [0.25, 0.3) is 5.69 Å². The van der Waals surface area contributed by atoms with Gasteiger partial charge in [-0.15, -0.1) is 0 Å². The molecular formula is C12H7N3O2. The Morgan fingerprint density at radius 3 is 2.47 bits per heavy atom. The van der Waals surface area contributed by atoms with Gasteiger partial charge in [0, 0.05) is 11.6 Å². The zero-order valence-corrected chi connectivity index (χ0v) is 8.70. The predicted molar refractivity (Wildman–Crippen MR) is 61.0 cm³/mol. The fraction of sp³-hybridized carbons (Fsp3) is 0. The number of hydrogen-bond donors (Lipinski definition) is 0. The van der Waals surface area contributed by atoms with Crippen LogP contribution in [-0.2, 0) is 0 Å². The average molecular weight is 225 g/mol.